The summed E-state index contributed by atoms with van der Waals surface area (Å²) in [5, 5.41) is 0. The first kappa shape index (κ1) is 14.9. The van der Waals surface area contributed by atoms with Gasteiger partial charge in [0.1, 0.15) is 11.9 Å². The van der Waals surface area contributed by atoms with Gasteiger partial charge in [0.2, 0.25) is 0 Å². The summed E-state index contributed by atoms with van der Waals surface area (Å²) in [6.07, 6.45) is 1.73. The number of carbonyl (C=O) groups excluding carboxylic acids is 1. The maximum Gasteiger partial charge on any atom is 0.341 e. The number of benzene rings is 1. The summed E-state index contributed by atoms with van der Waals surface area (Å²) in [5.74, 6) is -1.09. The Kier molecular flexibility index (Phi) is 5.56. The molecule has 100 valence electrons. The van der Waals surface area contributed by atoms with Crippen molar-refractivity contribution in [1.82, 2.24) is 4.90 Å². The Morgan fingerprint density at radius 2 is 2.17 bits per heavy atom. The minimum atomic E-state index is -0.566. The molecule has 0 aliphatic carbocycles. The molecule has 5 heteroatoms. The van der Waals surface area contributed by atoms with Crippen LogP contribution in [0.3, 0.4) is 0 Å². The van der Waals surface area contributed by atoms with Crippen molar-refractivity contribution < 1.29 is 26.3 Å². The van der Waals surface area contributed by atoms with E-state index in [1.165, 1.54) is 12.1 Å². The van der Waals surface area contributed by atoms with E-state index in [9.17, 15) is 9.18 Å². The van der Waals surface area contributed by atoms with Crippen molar-refractivity contribution in [2.45, 2.75) is 18.9 Å². The van der Waals surface area contributed by atoms with Gasteiger partial charge in [-0.2, -0.15) is 0 Å². The minimum Gasteiger partial charge on any atom is -1.00 e. The fraction of sp³-hybridized carbons (Fsp3) is 0.462. The summed E-state index contributed by atoms with van der Waals surface area (Å²) in [6, 6.07) is 5.90. The number of ether oxygens (including phenoxy) is 1. The zero-order valence-corrected chi connectivity index (χ0v) is 11.0. The number of carbonyl (C=O) groups is 1. The lowest BCUT2D eigenvalue weighted by atomic mass is 10.1. The van der Waals surface area contributed by atoms with E-state index in [1.807, 2.05) is 7.05 Å². The average Bonchev–Trinajstić information content (AvgIpc) is 2.29. The number of esters is 1. The van der Waals surface area contributed by atoms with Gasteiger partial charge in [0.05, 0.1) is 5.56 Å². The van der Waals surface area contributed by atoms with Gasteiger partial charge in [0.25, 0.3) is 0 Å². The number of likely N-dealkylation sites (N-methyl/N-ethyl adjacent to an activating group) is 1. The van der Waals surface area contributed by atoms with Crippen molar-refractivity contribution in [1.29, 1.82) is 0 Å². The number of piperidine rings is 1. The predicted molar refractivity (Wildman–Crippen MR) is 62.3 cm³/mol. The van der Waals surface area contributed by atoms with Crippen LogP contribution in [0.4, 0.5) is 4.39 Å². The van der Waals surface area contributed by atoms with E-state index in [4.69, 9.17) is 4.74 Å². The number of rotatable bonds is 2. The van der Waals surface area contributed by atoms with Crippen LogP contribution >= 0.6 is 0 Å². The molecule has 0 saturated carbocycles. The van der Waals surface area contributed by atoms with Crippen LogP contribution in [0, 0.1) is 5.82 Å². The van der Waals surface area contributed by atoms with Gasteiger partial charge in [-0.15, -0.1) is 0 Å². The Balaban J connectivity index is 0.00000162. The first-order valence-electron chi connectivity index (χ1n) is 5.81. The van der Waals surface area contributed by atoms with Gasteiger partial charge >= 0.3 is 5.97 Å². The lowest BCUT2D eigenvalue weighted by Gasteiger charge is -2.29. The molecule has 1 aliphatic rings. The molecule has 1 heterocycles. The van der Waals surface area contributed by atoms with Gasteiger partial charge in [0, 0.05) is 6.54 Å². The molecule has 2 rings (SSSR count). The molecule has 1 aliphatic heterocycles. The molecular formula is C13H16ClFNO2-. The summed E-state index contributed by atoms with van der Waals surface area (Å²) in [5.41, 5.74) is 0.0146. The molecular weight excluding hydrogens is 257 g/mol. The fourth-order valence-corrected chi connectivity index (χ4v) is 2.06. The quantitative estimate of drug-likeness (QED) is 0.653. The van der Waals surface area contributed by atoms with Crippen LogP contribution in [-0.2, 0) is 4.74 Å². The van der Waals surface area contributed by atoms with Crippen LogP contribution < -0.4 is 12.4 Å². The number of halogens is 2. The summed E-state index contributed by atoms with van der Waals surface area (Å²) in [6.45, 7) is 1.74. The molecule has 1 aromatic carbocycles. The van der Waals surface area contributed by atoms with Gasteiger partial charge in [-0.3, -0.25) is 0 Å². The van der Waals surface area contributed by atoms with Crippen LogP contribution in [0.1, 0.15) is 23.2 Å². The molecule has 0 aromatic heterocycles. The highest BCUT2D eigenvalue weighted by molar-refractivity contribution is 5.89. The first-order chi connectivity index (χ1) is 8.16. The number of hydrogen-bond acceptors (Lipinski definition) is 3. The highest BCUT2D eigenvalue weighted by atomic mass is 35.5. The summed E-state index contributed by atoms with van der Waals surface area (Å²) < 4.78 is 18.7. The van der Waals surface area contributed by atoms with Gasteiger partial charge in [-0.25, -0.2) is 9.18 Å². The van der Waals surface area contributed by atoms with E-state index in [1.54, 1.807) is 12.1 Å². The van der Waals surface area contributed by atoms with Gasteiger partial charge < -0.3 is 22.0 Å². The number of hydrogen-bond donors (Lipinski definition) is 0. The highest BCUT2D eigenvalue weighted by Gasteiger charge is 2.22. The zero-order valence-electron chi connectivity index (χ0n) is 10.2. The third-order valence-corrected chi connectivity index (χ3v) is 2.95. The van der Waals surface area contributed by atoms with Gasteiger partial charge in [-0.1, -0.05) is 12.1 Å². The number of likely N-dealkylation sites (tertiary alicyclic amines) is 1. The average molecular weight is 273 g/mol. The molecule has 1 fully saturated rings. The lowest BCUT2D eigenvalue weighted by molar-refractivity contribution is -0.0000892. The second-order valence-corrected chi connectivity index (χ2v) is 4.41. The van der Waals surface area contributed by atoms with Crippen molar-refractivity contribution >= 4 is 5.97 Å². The van der Waals surface area contributed by atoms with Crippen LogP contribution in [0.5, 0.6) is 0 Å². The Bertz CT molecular complexity index is 414. The van der Waals surface area contributed by atoms with Crippen LogP contribution in [0.15, 0.2) is 24.3 Å². The van der Waals surface area contributed by atoms with E-state index >= 15 is 0 Å². The maximum absolute atomic E-state index is 13.4. The molecule has 0 amide bonds. The molecule has 1 unspecified atom stereocenters. The minimum absolute atomic E-state index is 0. The lowest BCUT2D eigenvalue weighted by Crippen LogP contribution is -3.00. The Labute approximate surface area is 112 Å². The molecule has 0 spiro atoms. The van der Waals surface area contributed by atoms with Crippen molar-refractivity contribution in [2.75, 3.05) is 20.1 Å². The molecule has 3 nitrogen and oxygen atoms in total. The summed E-state index contributed by atoms with van der Waals surface area (Å²) in [7, 11) is 1.99. The second-order valence-electron chi connectivity index (χ2n) is 4.41. The molecule has 1 atom stereocenters. The monoisotopic (exact) mass is 272 g/mol. The molecule has 18 heavy (non-hydrogen) atoms. The van der Waals surface area contributed by atoms with E-state index in [0.717, 1.165) is 25.9 Å². The Morgan fingerprint density at radius 3 is 2.83 bits per heavy atom. The van der Waals surface area contributed by atoms with E-state index in [0.29, 0.717) is 0 Å². The molecule has 0 bridgehead atoms. The Hall–Kier alpha value is -1.13. The van der Waals surface area contributed by atoms with E-state index in [-0.39, 0.29) is 24.1 Å². The third-order valence-electron chi connectivity index (χ3n) is 2.95. The third kappa shape index (κ3) is 3.68. The van der Waals surface area contributed by atoms with Gasteiger partial charge in [-0.05, 0) is 38.6 Å². The van der Waals surface area contributed by atoms with Crippen molar-refractivity contribution in [2.24, 2.45) is 0 Å². The smallest absolute Gasteiger partial charge is 0.341 e. The van der Waals surface area contributed by atoms with Crippen LogP contribution in [-0.4, -0.2) is 37.1 Å². The van der Waals surface area contributed by atoms with E-state index < -0.39 is 11.8 Å². The summed E-state index contributed by atoms with van der Waals surface area (Å²) in [4.78, 5) is 13.9. The normalized spacial score (nSPS) is 20.0. The summed E-state index contributed by atoms with van der Waals surface area (Å²) >= 11 is 0. The zero-order chi connectivity index (χ0) is 12.3. The molecule has 0 radical (unpaired) electrons. The Morgan fingerprint density at radius 1 is 1.44 bits per heavy atom. The van der Waals surface area contributed by atoms with Crippen LogP contribution in [0.25, 0.3) is 0 Å². The van der Waals surface area contributed by atoms with E-state index in [2.05, 4.69) is 4.90 Å². The van der Waals surface area contributed by atoms with Crippen molar-refractivity contribution in [3.63, 3.8) is 0 Å². The standard InChI is InChI=1S/C13H16FNO2.ClH/c1-15-8-4-5-10(9-15)17-13(16)11-6-2-3-7-12(11)14;/h2-3,6-7,10H,4-5,8-9H2,1H3;1H/p-1. The largest absolute Gasteiger partial charge is 1.00 e. The van der Waals surface area contributed by atoms with Crippen LogP contribution in [0.2, 0.25) is 0 Å². The maximum atomic E-state index is 13.4. The second kappa shape index (κ2) is 6.71. The van der Waals surface area contributed by atoms with Crippen molar-refractivity contribution in [3.8, 4) is 0 Å². The molecule has 1 aromatic rings. The highest BCUT2D eigenvalue weighted by Crippen LogP contribution is 2.15. The first-order valence-corrected chi connectivity index (χ1v) is 5.81. The fourth-order valence-electron chi connectivity index (χ4n) is 2.06. The van der Waals surface area contributed by atoms with Gasteiger partial charge in [0.15, 0.2) is 0 Å². The van der Waals surface area contributed by atoms with Crippen molar-refractivity contribution in [3.05, 3.63) is 35.6 Å². The molecule has 0 N–H and O–H groups in total. The predicted octanol–water partition coefficient (Wildman–Crippen LogP) is -0.919. The molecule has 1 saturated heterocycles. The number of nitrogens with zero attached hydrogens (tertiary/aromatic N) is 1. The SMILES string of the molecule is CN1CCCC(OC(=O)c2ccccc2F)C1.[Cl-]. The topological polar surface area (TPSA) is 29.5 Å².